The van der Waals surface area contributed by atoms with E-state index in [4.69, 9.17) is 10.7 Å². The molecule has 1 unspecified atom stereocenters. The van der Waals surface area contributed by atoms with Crippen LogP contribution in [0.3, 0.4) is 0 Å². The van der Waals surface area contributed by atoms with E-state index in [2.05, 4.69) is 22.2 Å². The Kier molecular flexibility index (Phi) is 5.79. The summed E-state index contributed by atoms with van der Waals surface area (Å²) >= 11 is 0. The largest absolute Gasteiger partial charge is 0.435 e. The van der Waals surface area contributed by atoms with Gasteiger partial charge in [0.15, 0.2) is 5.96 Å². The predicted octanol–water partition coefficient (Wildman–Crippen LogP) is 4.54. The van der Waals surface area contributed by atoms with Crippen LogP contribution in [0.4, 0.5) is 14.5 Å². The second-order valence-electron chi connectivity index (χ2n) is 8.15. The van der Waals surface area contributed by atoms with Gasteiger partial charge in [0.25, 0.3) is 0 Å². The molecule has 4 rings (SSSR count). The molecule has 2 aliphatic rings. The smallest absolute Gasteiger partial charge is 0.387 e. The first kappa shape index (κ1) is 20.4. The topological polar surface area (TPSA) is 62.9 Å². The molecule has 5 nitrogen and oxygen atoms in total. The lowest BCUT2D eigenvalue weighted by molar-refractivity contribution is -0.0498. The van der Waals surface area contributed by atoms with Gasteiger partial charge in [-0.1, -0.05) is 43.5 Å². The number of hydrogen-bond donors (Lipinski definition) is 2. The summed E-state index contributed by atoms with van der Waals surface area (Å²) in [6.45, 7) is -2.28. The average molecular weight is 415 g/mol. The van der Waals surface area contributed by atoms with E-state index in [0.29, 0.717) is 18.5 Å². The van der Waals surface area contributed by atoms with Crippen molar-refractivity contribution in [3.63, 3.8) is 0 Å². The summed E-state index contributed by atoms with van der Waals surface area (Å²) in [5, 5.41) is 3.67. The van der Waals surface area contributed by atoms with E-state index >= 15 is 0 Å². The van der Waals surface area contributed by atoms with Crippen molar-refractivity contribution in [2.24, 2.45) is 10.7 Å². The molecule has 0 radical (unpaired) electrons. The fraction of sp³-hybridized carbons (Fsp3) is 0.435. The zero-order valence-electron chi connectivity index (χ0n) is 17.2. The van der Waals surface area contributed by atoms with Crippen LogP contribution in [0.5, 0.6) is 5.75 Å². The Morgan fingerprint density at radius 2 is 1.83 bits per heavy atom. The van der Waals surface area contributed by atoms with Crippen molar-refractivity contribution < 1.29 is 13.5 Å². The summed E-state index contributed by atoms with van der Waals surface area (Å²) in [6.07, 6.45) is 6.22. The molecule has 1 aliphatic heterocycles. The number of alkyl halides is 2. The Bertz CT molecular complexity index is 896. The van der Waals surface area contributed by atoms with E-state index in [1.807, 2.05) is 24.1 Å². The molecule has 1 aliphatic carbocycles. The molecule has 1 heterocycles. The summed E-state index contributed by atoms with van der Waals surface area (Å²) in [6, 6.07) is 15.5. The van der Waals surface area contributed by atoms with Crippen molar-refractivity contribution in [1.82, 2.24) is 4.90 Å². The van der Waals surface area contributed by atoms with Gasteiger partial charge in [-0.2, -0.15) is 8.78 Å². The van der Waals surface area contributed by atoms with E-state index in [-0.39, 0.29) is 5.75 Å². The maximum atomic E-state index is 12.5. The van der Waals surface area contributed by atoms with Crippen LogP contribution in [-0.2, 0) is 5.54 Å². The van der Waals surface area contributed by atoms with Crippen molar-refractivity contribution in [2.45, 2.75) is 50.3 Å². The van der Waals surface area contributed by atoms with Crippen LogP contribution in [0.25, 0.3) is 0 Å². The molecule has 0 spiro atoms. The molecule has 7 heteroatoms. The van der Waals surface area contributed by atoms with E-state index < -0.39 is 12.2 Å². The van der Waals surface area contributed by atoms with Crippen molar-refractivity contribution in [1.29, 1.82) is 0 Å². The number of nitrogens with two attached hydrogens (primary N) is 1. The fourth-order valence-electron chi connectivity index (χ4n) is 4.48. The standard InChI is InChI=1S/C23H28F2N4O/c1-29-15-23(28-22(29)26,16-10-12-20(13-11-16)30-21(24)25)17-6-5-9-19(14-17)27-18-7-3-2-4-8-18/h5-6,9-14,18,21,27H,2-4,7-8,15H2,1H3,(H2,26,28). The minimum absolute atomic E-state index is 0.125. The van der Waals surface area contributed by atoms with Gasteiger partial charge in [-0.25, -0.2) is 4.99 Å². The van der Waals surface area contributed by atoms with Crippen molar-refractivity contribution >= 4 is 11.6 Å². The van der Waals surface area contributed by atoms with Gasteiger partial charge in [-0.15, -0.1) is 0 Å². The molecule has 30 heavy (non-hydrogen) atoms. The first-order valence-electron chi connectivity index (χ1n) is 10.5. The third kappa shape index (κ3) is 4.20. The molecular formula is C23H28F2N4O. The molecule has 1 atom stereocenters. The molecule has 0 aromatic heterocycles. The van der Waals surface area contributed by atoms with E-state index in [1.165, 1.54) is 32.1 Å². The number of hydrogen-bond acceptors (Lipinski definition) is 5. The molecule has 1 saturated carbocycles. The molecule has 160 valence electrons. The number of guanidine groups is 1. The highest BCUT2D eigenvalue weighted by Crippen LogP contribution is 2.39. The quantitative estimate of drug-likeness (QED) is 0.729. The summed E-state index contributed by atoms with van der Waals surface area (Å²) in [7, 11) is 1.90. The number of rotatable bonds is 6. The highest BCUT2D eigenvalue weighted by molar-refractivity contribution is 5.81. The van der Waals surface area contributed by atoms with Gasteiger partial charge in [-0.05, 0) is 48.2 Å². The number of likely N-dealkylation sites (N-methyl/N-ethyl adjacent to an activating group) is 1. The third-order valence-corrected chi connectivity index (χ3v) is 6.04. The monoisotopic (exact) mass is 414 g/mol. The molecule has 2 aromatic rings. The number of nitrogens with zero attached hydrogens (tertiary/aromatic N) is 2. The highest BCUT2D eigenvalue weighted by atomic mass is 19.3. The average Bonchev–Trinajstić information content (AvgIpc) is 3.05. The lowest BCUT2D eigenvalue weighted by Crippen LogP contribution is -2.35. The minimum atomic E-state index is -2.85. The van der Waals surface area contributed by atoms with Crippen LogP contribution in [0.15, 0.2) is 53.5 Å². The molecule has 0 saturated heterocycles. The number of halogens is 2. The molecule has 0 amide bonds. The second kappa shape index (κ2) is 8.50. The highest BCUT2D eigenvalue weighted by Gasteiger charge is 2.41. The Morgan fingerprint density at radius 1 is 1.10 bits per heavy atom. The summed E-state index contributed by atoms with van der Waals surface area (Å²) in [5.74, 6) is 0.577. The van der Waals surface area contributed by atoms with Crippen LogP contribution in [0.1, 0.15) is 43.2 Å². The molecular weight excluding hydrogens is 386 g/mol. The van der Waals surface area contributed by atoms with Gasteiger partial charge < -0.3 is 20.7 Å². The summed E-state index contributed by atoms with van der Waals surface area (Å²) < 4.78 is 29.6. The van der Waals surface area contributed by atoms with Crippen LogP contribution < -0.4 is 15.8 Å². The normalized spacial score (nSPS) is 22.3. The summed E-state index contributed by atoms with van der Waals surface area (Å²) in [4.78, 5) is 6.73. The molecule has 0 bridgehead atoms. The number of nitrogens with one attached hydrogen (secondary N) is 1. The van der Waals surface area contributed by atoms with Crippen molar-refractivity contribution in [3.05, 3.63) is 59.7 Å². The molecule has 2 aromatic carbocycles. The van der Waals surface area contributed by atoms with E-state index in [0.717, 1.165) is 16.8 Å². The Morgan fingerprint density at radius 3 is 2.47 bits per heavy atom. The third-order valence-electron chi connectivity index (χ3n) is 6.04. The van der Waals surface area contributed by atoms with Gasteiger partial charge in [0.2, 0.25) is 0 Å². The van der Waals surface area contributed by atoms with Crippen LogP contribution in [0, 0.1) is 0 Å². The number of aliphatic imine (C=N–C) groups is 1. The van der Waals surface area contributed by atoms with Crippen LogP contribution >= 0.6 is 0 Å². The zero-order valence-corrected chi connectivity index (χ0v) is 17.2. The number of anilines is 1. The molecule has 1 fully saturated rings. The zero-order chi connectivity index (χ0) is 21.1. The van der Waals surface area contributed by atoms with Gasteiger partial charge in [0, 0.05) is 18.8 Å². The summed E-state index contributed by atoms with van der Waals surface area (Å²) in [5.41, 5.74) is 8.41. The van der Waals surface area contributed by atoms with Gasteiger partial charge in [0.05, 0.1) is 6.54 Å². The fourth-order valence-corrected chi connectivity index (χ4v) is 4.48. The first-order valence-corrected chi connectivity index (χ1v) is 10.5. The van der Waals surface area contributed by atoms with E-state index in [9.17, 15) is 8.78 Å². The number of benzene rings is 2. The van der Waals surface area contributed by atoms with Crippen LogP contribution in [-0.4, -0.2) is 37.1 Å². The van der Waals surface area contributed by atoms with Gasteiger partial charge >= 0.3 is 6.61 Å². The lowest BCUT2D eigenvalue weighted by Gasteiger charge is -2.29. The van der Waals surface area contributed by atoms with Crippen LogP contribution in [0.2, 0.25) is 0 Å². The van der Waals surface area contributed by atoms with Gasteiger partial charge in [-0.3, -0.25) is 0 Å². The maximum Gasteiger partial charge on any atom is 0.387 e. The SMILES string of the molecule is CN1CC(c2ccc(OC(F)F)cc2)(c2cccc(NC3CCCCC3)c2)N=C1N. The second-order valence-corrected chi connectivity index (χ2v) is 8.15. The first-order chi connectivity index (χ1) is 14.5. The lowest BCUT2D eigenvalue weighted by atomic mass is 9.83. The Labute approximate surface area is 175 Å². The van der Waals surface area contributed by atoms with E-state index in [1.54, 1.807) is 24.3 Å². The predicted molar refractivity (Wildman–Crippen MR) is 115 cm³/mol. The Hall–Kier alpha value is -2.83. The molecule has 3 N–H and O–H groups in total. The minimum Gasteiger partial charge on any atom is -0.435 e. The number of ether oxygens (including phenoxy) is 1. The Balaban J connectivity index is 1.67. The maximum absolute atomic E-state index is 12.5. The van der Waals surface area contributed by atoms with Crippen molar-refractivity contribution in [2.75, 3.05) is 18.9 Å². The van der Waals surface area contributed by atoms with Crippen molar-refractivity contribution in [3.8, 4) is 5.75 Å². The van der Waals surface area contributed by atoms with Gasteiger partial charge in [0.1, 0.15) is 11.3 Å².